The van der Waals surface area contributed by atoms with Crippen LogP contribution in [0.2, 0.25) is 5.02 Å². The van der Waals surface area contributed by atoms with Crippen molar-refractivity contribution in [3.05, 3.63) is 58.6 Å². The molecule has 8 heteroatoms. The number of thioether (sulfide) groups is 1. The summed E-state index contributed by atoms with van der Waals surface area (Å²) in [5.74, 6) is 1.43. The van der Waals surface area contributed by atoms with Crippen LogP contribution in [0.1, 0.15) is 17.5 Å². The molecule has 26 heavy (non-hydrogen) atoms. The summed E-state index contributed by atoms with van der Waals surface area (Å²) in [5, 5.41) is 3.46. The Hall–Kier alpha value is -1.54. The van der Waals surface area contributed by atoms with Crippen LogP contribution < -0.4 is 10.0 Å². The fourth-order valence-electron chi connectivity index (χ4n) is 2.63. The number of anilines is 1. The van der Waals surface area contributed by atoms with Gasteiger partial charge in [-0.05, 0) is 47.9 Å². The van der Waals surface area contributed by atoms with Crippen LogP contribution in [0.25, 0.3) is 0 Å². The Labute approximate surface area is 162 Å². The first kappa shape index (κ1) is 19.2. The molecule has 1 aliphatic rings. The number of carbonyl (C=O) groups excluding carboxylic acids is 1. The Morgan fingerprint density at radius 1 is 1.12 bits per heavy atom. The van der Waals surface area contributed by atoms with Crippen LogP contribution >= 0.6 is 23.4 Å². The van der Waals surface area contributed by atoms with E-state index >= 15 is 0 Å². The van der Waals surface area contributed by atoms with Gasteiger partial charge < -0.3 is 5.32 Å². The summed E-state index contributed by atoms with van der Waals surface area (Å²) in [6.07, 6.45) is 0.937. The number of hydrogen-bond donors (Lipinski definition) is 2. The lowest BCUT2D eigenvalue weighted by Gasteiger charge is -2.17. The van der Waals surface area contributed by atoms with E-state index in [1.54, 1.807) is 23.9 Å². The minimum Gasteiger partial charge on any atom is -0.326 e. The molecule has 0 atom stereocenters. The number of carbonyl (C=O) groups is 1. The minimum atomic E-state index is -3.55. The first-order chi connectivity index (χ1) is 12.4. The zero-order valence-corrected chi connectivity index (χ0v) is 16.4. The zero-order valence-electron chi connectivity index (χ0n) is 14.0. The van der Waals surface area contributed by atoms with E-state index in [-0.39, 0.29) is 10.8 Å². The molecule has 1 aliphatic heterocycles. The van der Waals surface area contributed by atoms with Crippen molar-refractivity contribution >= 4 is 45.0 Å². The van der Waals surface area contributed by atoms with Gasteiger partial charge in [-0.3, -0.25) is 4.79 Å². The molecule has 0 aromatic heterocycles. The van der Waals surface area contributed by atoms with E-state index < -0.39 is 10.0 Å². The van der Waals surface area contributed by atoms with E-state index in [0.717, 1.165) is 16.9 Å². The molecule has 2 aromatic carbocycles. The Balaban J connectivity index is 1.51. The van der Waals surface area contributed by atoms with Crippen molar-refractivity contribution in [3.8, 4) is 0 Å². The SMILES string of the molecule is O=C1CCc2cc(S(=O)(=O)NCCSCc3ccc(Cl)cc3)ccc2N1. The van der Waals surface area contributed by atoms with E-state index in [1.165, 1.54) is 6.07 Å². The monoisotopic (exact) mass is 410 g/mol. The predicted octanol–water partition coefficient (Wildman–Crippen LogP) is 3.44. The summed E-state index contributed by atoms with van der Waals surface area (Å²) in [7, 11) is -3.55. The van der Waals surface area contributed by atoms with Crippen molar-refractivity contribution in [1.29, 1.82) is 0 Å². The van der Waals surface area contributed by atoms with Gasteiger partial charge in [-0.2, -0.15) is 11.8 Å². The summed E-state index contributed by atoms with van der Waals surface area (Å²) < 4.78 is 27.5. The maximum atomic E-state index is 12.4. The lowest BCUT2D eigenvalue weighted by atomic mass is 10.0. The molecule has 1 heterocycles. The van der Waals surface area contributed by atoms with Crippen LogP contribution in [0, 0.1) is 0 Å². The van der Waals surface area contributed by atoms with Gasteiger partial charge in [0, 0.05) is 35.2 Å². The average molecular weight is 411 g/mol. The number of amides is 1. The van der Waals surface area contributed by atoms with Crippen LogP contribution in [0.3, 0.4) is 0 Å². The first-order valence-electron chi connectivity index (χ1n) is 8.19. The van der Waals surface area contributed by atoms with Crippen LogP contribution in [0.5, 0.6) is 0 Å². The summed E-state index contributed by atoms with van der Waals surface area (Å²) in [4.78, 5) is 11.6. The molecule has 1 amide bonds. The van der Waals surface area contributed by atoms with Crippen molar-refractivity contribution < 1.29 is 13.2 Å². The van der Waals surface area contributed by atoms with E-state index in [0.29, 0.717) is 35.8 Å². The van der Waals surface area contributed by atoms with Crippen LogP contribution in [-0.4, -0.2) is 26.6 Å². The fraction of sp³-hybridized carbons (Fsp3) is 0.278. The smallest absolute Gasteiger partial charge is 0.240 e. The van der Waals surface area contributed by atoms with Gasteiger partial charge in [0.15, 0.2) is 0 Å². The van der Waals surface area contributed by atoms with Gasteiger partial charge in [-0.15, -0.1) is 0 Å². The summed E-state index contributed by atoms with van der Waals surface area (Å²) in [5.41, 5.74) is 2.70. The van der Waals surface area contributed by atoms with Crippen LogP contribution in [0.15, 0.2) is 47.4 Å². The molecular formula is C18H19ClN2O3S2. The highest BCUT2D eigenvalue weighted by atomic mass is 35.5. The number of nitrogens with one attached hydrogen (secondary N) is 2. The maximum absolute atomic E-state index is 12.4. The second-order valence-corrected chi connectivity index (χ2v) is 9.25. The van der Waals surface area contributed by atoms with Gasteiger partial charge in [-0.1, -0.05) is 23.7 Å². The van der Waals surface area contributed by atoms with Crippen molar-refractivity contribution in [1.82, 2.24) is 4.72 Å². The van der Waals surface area contributed by atoms with Crippen molar-refractivity contribution in [2.75, 3.05) is 17.6 Å². The molecule has 0 bridgehead atoms. The Kier molecular flexibility index (Phi) is 6.24. The highest BCUT2D eigenvalue weighted by molar-refractivity contribution is 7.98. The average Bonchev–Trinajstić information content (AvgIpc) is 2.62. The molecule has 2 N–H and O–H groups in total. The molecule has 5 nitrogen and oxygen atoms in total. The first-order valence-corrected chi connectivity index (χ1v) is 11.2. The number of hydrogen-bond acceptors (Lipinski definition) is 4. The molecule has 0 unspecified atom stereocenters. The predicted molar refractivity (Wildman–Crippen MR) is 106 cm³/mol. The Morgan fingerprint density at radius 2 is 1.88 bits per heavy atom. The zero-order chi connectivity index (χ0) is 18.6. The third-order valence-electron chi connectivity index (χ3n) is 4.00. The number of rotatable bonds is 7. The van der Waals surface area contributed by atoms with Crippen molar-refractivity contribution in [3.63, 3.8) is 0 Å². The van der Waals surface area contributed by atoms with E-state index in [2.05, 4.69) is 10.0 Å². The summed E-state index contributed by atoms with van der Waals surface area (Å²) in [6.45, 7) is 0.356. The quantitative estimate of drug-likeness (QED) is 0.685. The molecule has 0 aliphatic carbocycles. The standard InChI is InChI=1S/C18H19ClN2O3S2/c19-15-4-1-13(2-5-15)12-25-10-9-20-26(23,24)16-6-7-17-14(11-16)3-8-18(22)21-17/h1-2,4-7,11,20H,3,8-10,12H2,(H,21,22). The third-order valence-corrected chi connectivity index (χ3v) is 6.74. The molecule has 3 rings (SSSR count). The van der Waals surface area contributed by atoms with Crippen LogP contribution in [-0.2, 0) is 27.0 Å². The highest BCUT2D eigenvalue weighted by Gasteiger charge is 2.19. The minimum absolute atomic E-state index is 0.0380. The van der Waals surface area contributed by atoms with E-state index in [4.69, 9.17) is 11.6 Å². The third kappa shape index (κ3) is 5.01. The lowest BCUT2D eigenvalue weighted by Crippen LogP contribution is -2.26. The number of halogens is 1. The molecule has 138 valence electrons. The molecule has 0 spiro atoms. The van der Waals surface area contributed by atoms with E-state index in [9.17, 15) is 13.2 Å². The maximum Gasteiger partial charge on any atom is 0.240 e. The van der Waals surface area contributed by atoms with Crippen LogP contribution in [0.4, 0.5) is 5.69 Å². The topological polar surface area (TPSA) is 75.3 Å². The Morgan fingerprint density at radius 3 is 2.65 bits per heavy atom. The molecular weight excluding hydrogens is 392 g/mol. The molecule has 0 fully saturated rings. The second-order valence-electron chi connectivity index (χ2n) is 5.94. The molecule has 0 saturated carbocycles. The largest absolute Gasteiger partial charge is 0.326 e. The van der Waals surface area contributed by atoms with Gasteiger partial charge >= 0.3 is 0 Å². The van der Waals surface area contributed by atoms with Gasteiger partial charge in [0.1, 0.15) is 0 Å². The van der Waals surface area contributed by atoms with E-state index in [1.807, 2.05) is 24.3 Å². The lowest BCUT2D eigenvalue weighted by molar-refractivity contribution is -0.116. The number of fused-ring (bicyclic) bond motifs is 1. The number of aryl methyl sites for hydroxylation is 1. The molecule has 0 saturated heterocycles. The second kappa shape index (κ2) is 8.43. The Bertz CT molecular complexity index is 899. The van der Waals surface area contributed by atoms with Gasteiger partial charge in [0.25, 0.3) is 0 Å². The molecule has 2 aromatic rings. The van der Waals surface area contributed by atoms with Gasteiger partial charge in [0.05, 0.1) is 4.90 Å². The highest BCUT2D eigenvalue weighted by Crippen LogP contribution is 2.25. The summed E-state index contributed by atoms with van der Waals surface area (Å²) >= 11 is 7.50. The normalized spacial score (nSPS) is 14.0. The van der Waals surface area contributed by atoms with Gasteiger partial charge in [0.2, 0.25) is 15.9 Å². The molecule has 0 radical (unpaired) electrons. The number of sulfonamides is 1. The van der Waals surface area contributed by atoms with Crippen molar-refractivity contribution in [2.45, 2.75) is 23.5 Å². The number of benzene rings is 2. The fourth-order valence-corrected chi connectivity index (χ4v) is 4.79. The summed E-state index contributed by atoms with van der Waals surface area (Å²) in [6, 6.07) is 12.4. The van der Waals surface area contributed by atoms with Crippen molar-refractivity contribution in [2.24, 2.45) is 0 Å². The van der Waals surface area contributed by atoms with Gasteiger partial charge in [-0.25, -0.2) is 13.1 Å².